The predicted molar refractivity (Wildman–Crippen MR) is 118 cm³/mol. The van der Waals surface area contributed by atoms with E-state index in [0.717, 1.165) is 30.0 Å². The van der Waals surface area contributed by atoms with Crippen LogP contribution in [0.1, 0.15) is 34.8 Å². The van der Waals surface area contributed by atoms with E-state index in [1.54, 1.807) is 25.4 Å². The standard InChI is InChI=1S/C23H25ClN4O2/c1-30-19-6-4-5-17(13-19)21(28-11-2-3-12-28)15-25-23(29)20-14-26-27-22(20)16-7-9-18(24)10-8-16/h4-10,13-14,21H,2-3,11-12,15H2,1H3,(H,25,29)(H,26,27). The van der Waals surface area contributed by atoms with Gasteiger partial charge in [-0.25, -0.2) is 0 Å². The van der Waals surface area contributed by atoms with Gasteiger partial charge in [0.25, 0.3) is 5.91 Å². The third-order valence-corrected chi connectivity index (χ3v) is 5.78. The van der Waals surface area contributed by atoms with E-state index in [1.165, 1.54) is 12.8 Å². The maximum Gasteiger partial charge on any atom is 0.255 e. The van der Waals surface area contributed by atoms with Crippen LogP contribution in [0.3, 0.4) is 0 Å². The Balaban J connectivity index is 1.52. The Bertz CT molecular complexity index is 996. The normalized spacial score (nSPS) is 15.1. The summed E-state index contributed by atoms with van der Waals surface area (Å²) in [4.78, 5) is 15.4. The Labute approximate surface area is 181 Å². The number of aromatic amines is 1. The molecule has 30 heavy (non-hydrogen) atoms. The summed E-state index contributed by atoms with van der Waals surface area (Å²) in [6.45, 7) is 2.57. The lowest BCUT2D eigenvalue weighted by Gasteiger charge is -2.28. The van der Waals surface area contributed by atoms with Gasteiger partial charge in [0.05, 0.1) is 30.6 Å². The highest BCUT2D eigenvalue weighted by atomic mass is 35.5. The summed E-state index contributed by atoms with van der Waals surface area (Å²) >= 11 is 5.98. The van der Waals surface area contributed by atoms with E-state index in [-0.39, 0.29) is 11.9 Å². The number of amides is 1. The van der Waals surface area contributed by atoms with Crippen LogP contribution in [0, 0.1) is 0 Å². The maximum absolute atomic E-state index is 13.0. The number of halogens is 1. The van der Waals surface area contributed by atoms with Crippen LogP contribution in [0.15, 0.2) is 54.7 Å². The quantitative estimate of drug-likeness (QED) is 0.593. The molecule has 1 saturated heterocycles. The first kappa shape index (κ1) is 20.4. The summed E-state index contributed by atoms with van der Waals surface area (Å²) in [5.41, 5.74) is 3.21. The predicted octanol–water partition coefficient (Wildman–Crippen LogP) is 4.31. The summed E-state index contributed by atoms with van der Waals surface area (Å²) in [5.74, 6) is 0.670. The van der Waals surface area contributed by atoms with Gasteiger partial charge in [-0.1, -0.05) is 35.9 Å². The Hall–Kier alpha value is -2.83. The van der Waals surface area contributed by atoms with Gasteiger partial charge in [0.15, 0.2) is 0 Å². The number of nitrogens with one attached hydrogen (secondary N) is 2. The first-order valence-corrected chi connectivity index (χ1v) is 10.5. The lowest BCUT2D eigenvalue weighted by molar-refractivity contribution is 0.0938. The molecule has 4 rings (SSSR count). The summed E-state index contributed by atoms with van der Waals surface area (Å²) in [5, 5.41) is 10.8. The minimum atomic E-state index is -0.152. The number of carbonyl (C=O) groups is 1. The van der Waals surface area contributed by atoms with Crippen molar-refractivity contribution in [1.82, 2.24) is 20.4 Å². The lowest BCUT2D eigenvalue weighted by atomic mass is 10.0. The number of nitrogens with zero attached hydrogens (tertiary/aromatic N) is 2. The molecule has 2 aromatic carbocycles. The van der Waals surface area contributed by atoms with Crippen molar-refractivity contribution >= 4 is 17.5 Å². The van der Waals surface area contributed by atoms with E-state index in [9.17, 15) is 4.79 Å². The molecule has 0 radical (unpaired) electrons. The molecule has 2 heterocycles. The molecule has 3 aromatic rings. The smallest absolute Gasteiger partial charge is 0.255 e. The molecule has 1 amide bonds. The second-order valence-corrected chi connectivity index (χ2v) is 7.85. The van der Waals surface area contributed by atoms with E-state index < -0.39 is 0 Å². The molecule has 0 saturated carbocycles. The molecule has 1 aromatic heterocycles. The van der Waals surface area contributed by atoms with Gasteiger partial charge in [0.1, 0.15) is 5.75 Å². The van der Waals surface area contributed by atoms with Crippen molar-refractivity contribution in [1.29, 1.82) is 0 Å². The number of hydrogen-bond donors (Lipinski definition) is 2. The molecule has 0 bridgehead atoms. The molecule has 0 aliphatic carbocycles. The molecule has 1 atom stereocenters. The van der Waals surface area contributed by atoms with Gasteiger partial charge in [0, 0.05) is 17.1 Å². The molecule has 6 nitrogen and oxygen atoms in total. The van der Waals surface area contributed by atoms with Crippen molar-refractivity contribution < 1.29 is 9.53 Å². The zero-order valence-corrected chi connectivity index (χ0v) is 17.7. The molecule has 1 aliphatic rings. The van der Waals surface area contributed by atoms with Gasteiger partial charge in [-0.2, -0.15) is 5.10 Å². The van der Waals surface area contributed by atoms with Crippen LogP contribution >= 0.6 is 11.6 Å². The van der Waals surface area contributed by atoms with Crippen molar-refractivity contribution in [3.8, 4) is 17.0 Å². The first-order valence-electron chi connectivity index (χ1n) is 10.1. The maximum atomic E-state index is 13.0. The van der Waals surface area contributed by atoms with Crippen LogP contribution in [0.25, 0.3) is 11.3 Å². The molecule has 1 aliphatic heterocycles. The third kappa shape index (κ3) is 4.50. The summed E-state index contributed by atoms with van der Waals surface area (Å²) in [6.07, 6.45) is 3.92. The van der Waals surface area contributed by atoms with Crippen LogP contribution < -0.4 is 10.1 Å². The number of H-pyrrole nitrogens is 1. The fraction of sp³-hybridized carbons (Fsp3) is 0.304. The average molecular weight is 425 g/mol. The van der Waals surface area contributed by atoms with Crippen molar-refractivity contribution in [3.63, 3.8) is 0 Å². The van der Waals surface area contributed by atoms with Crippen LogP contribution in [-0.4, -0.2) is 47.7 Å². The number of benzene rings is 2. The second kappa shape index (κ2) is 9.32. The Morgan fingerprint density at radius 3 is 2.73 bits per heavy atom. The molecular weight excluding hydrogens is 400 g/mol. The number of hydrogen-bond acceptors (Lipinski definition) is 4. The van der Waals surface area contributed by atoms with E-state index in [1.807, 2.05) is 30.3 Å². The molecular formula is C23H25ClN4O2. The van der Waals surface area contributed by atoms with Crippen LogP contribution in [-0.2, 0) is 0 Å². The van der Waals surface area contributed by atoms with Crippen LogP contribution in [0.2, 0.25) is 5.02 Å². The first-order chi connectivity index (χ1) is 14.7. The van der Waals surface area contributed by atoms with E-state index in [0.29, 0.717) is 22.8 Å². The van der Waals surface area contributed by atoms with Crippen LogP contribution in [0.5, 0.6) is 5.75 Å². The summed E-state index contributed by atoms with van der Waals surface area (Å²) < 4.78 is 5.40. The molecule has 1 fully saturated rings. The Morgan fingerprint density at radius 2 is 2.00 bits per heavy atom. The zero-order chi connectivity index (χ0) is 20.9. The highest BCUT2D eigenvalue weighted by Crippen LogP contribution is 2.28. The zero-order valence-electron chi connectivity index (χ0n) is 16.9. The van der Waals surface area contributed by atoms with Gasteiger partial charge in [-0.15, -0.1) is 0 Å². The van der Waals surface area contributed by atoms with Gasteiger partial charge in [-0.3, -0.25) is 14.8 Å². The Kier molecular flexibility index (Phi) is 6.35. The number of ether oxygens (including phenoxy) is 1. The van der Waals surface area contributed by atoms with E-state index >= 15 is 0 Å². The van der Waals surface area contributed by atoms with Crippen LogP contribution in [0.4, 0.5) is 0 Å². The van der Waals surface area contributed by atoms with E-state index in [4.69, 9.17) is 16.3 Å². The highest BCUT2D eigenvalue weighted by Gasteiger charge is 2.25. The molecule has 7 heteroatoms. The number of carbonyl (C=O) groups excluding carboxylic acids is 1. The number of methoxy groups -OCH3 is 1. The molecule has 156 valence electrons. The summed E-state index contributed by atoms with van der Waals surface area (Å²) in [7, 11) is 1.67. The molecule has 0 spiro atoms. The highest BCUT2D eigenvalue weighted by molar-refractivity contribution is 6.30. The minimum absolute atomic E-state index is 0.0948. The number of rotatable bonds is 7. The van der Waals surface area contributed by atoms with Crippen molar-refractivity contribution in [2.45, 2.75) is 18.9 Å². The van der Waals surface area contributed by atoms with Crippen molar-refractivity contribution in [3.05, 3.63) is 70.9 Å². The largest absolute Gasteiger partial charge is 0.497 e. The molecule has 1 unspecified atom stereocenters. The number of aromatic nitrogens is 2. The minimum Gasteiger partial charge on any atom is -0.497 e. The molecule has 2 N–H and O–H groups in total. The van der Waals surface area contributed by atoms with Crippen molar-refractivity contribution in [2.24, 2.45) is 0 Å². The summed E-state index contributed by atoms with van der Waals surface area (Å²) in [6, 6.07) is 15.5. The van der Waals surface area contributed by atoms with Gasteiger partial charge in [0.2, 0.25) is 0 Å². The topological polar surface area (TPSA) is 70.2 Å². The monoisotopic (exact) mass is 424 g/mol. The fourth-order valence-corrected chi connectivity index (χ4v) is 4.07. The number of likely N-dealkylation sites (tertiary alicyclic amines) is 1. The second-order valence-electron chi connectivity index (χ2n) is 7.41. The van der Waals surface area contributed by atoms with E-state index in [2.05, 4.69) is 26.5 Å². The Morgan fingerprint density at radius 1 is 1.23 bits per heavy atom. The van der Waals surface area contributed by atoms with Gasteiger partial charge >= 0.3 is 0 Å². The van der Waals surface area contributed by atoms with Gasteiger partial charge in [-0.05, 0) is 55.8 Å². The average Bonchev–Trinajstić information content (AvgIpc) is 3.47. The lowest BCUT2D eigenvalue weighted by Crippen LogP contribution is -2.36. The van der Waals surface area contributed by atoms with Crippen molar-refractivity contribution in [2.75, 3.05) is 26.7 Å². The SMILES string of the molecule is COc1cccc(C(CNC(=O)c2cn[nH]c2-c2ccc(Cl)cc2)N2CCCC2)c1. The van der Waals surface area contributed by atoms with Gasteiger partial charge < -0.3 is 10.1 Å². The third-order valence-electron chi connectivity index (χ3n) is 5.53. The fourth-order valence-electron chi connectivity index (χ4n) is 3.94.